The van der Waals surface area contributed by atoms with E-state index in [1.165, 1.54) is 12.8 Å². The minimum atomic E-state index is 0.228. The second-order valence-corrected chi connectivity index (χ2v) is 4.02. The highest BCUT2D eigenvalue weighted by molar-refractivity contribution is 5.82. The fourth-order valence-electron chi connectivity index (χ4n) is 2.01. The molecule has 82 valence electrons. The third-order valence-electron chi connectivity index (χ3n) is 2.88. The number of hydrogen-bond acceptors (Lipinski definition) is 3. The molecule has 0 spiro atoms. The van der Waals surface area contributed by atoms with E-state index in [2.05, 4.69) is 0 Å². The lowest BCUT2D eigenvalue weighted by Gasteiger charge is -2.07. The number of hydrogen-bond donors (Lipinski definition) is 0. The second kappa shape index (κ2) is 5.12. The van der Waals surface area contributed by atoms with E-state index in [0.717, 1.165) is 18.6 Å². The average molecular weight is 208 g/mol. The molecule has 1 aromatic rings. The Morgan fingerprint density at radius 3 is 2.93 bits per heavy atom. The van der Waals surface area contributed by atoms with Gasteiger partial charge in [0.05, 0.1) is 6.26 Å². The standard InChI is InChI=1S/C12H16O3/c13-12(10-4-1-2-5-10)9-14-8-11-6-3-7-15-11/h3,6-7,10H,1-2,4-5,8-9H2. The molecular formula is C12H16O3. The first kappa shape index (κ1) is 10.4. The van der Waals surface area contributed by atoms with Crippen LogP contribution in [0.25, 0.3) is 0 Å². The molecule has 1 aliphatic carbocycles. The van der Waals surface area contributed by atoms with Crippen LogP contribution in [0, 0.1) is 5.92 Å². The SMILES string of the molecule is O=C(COCc1ccco1)C1CCCC1. The van der Waals surface area contributed by atoms with Crippen molar-refractivity contribution in [2.45, 2.75) is 32.3 Å². The van der Waals surface area contributed by atoms with Gasteiger partial charge in [0.25, 0.3) is 0 Å². The van der Waals surface area contributed by atoms with Gasteiger partial charge in [0.2, 0.25) is 0 Å². The van der Waals surface area contributed by atoms with E-state index in [1.807, 2.05) is 12.1 Å². The minimum Gasteiger partial charge on any atom is -0.467 e. The van der Waals surface area contributed by atoms with Crippen molar-refractivity contribution in [1.29, 1.82) is 0 Å². The van der Waals surface area contributed by atoms with Crippen LogP contribution in [-0.4, -0.2) is 12.4 Å². The van der Waals surface area contributed by atoms with Crippen LogP contribution in [0.3, 0.4) is 0 Å². The molecule has 0 saturated heterocycles. The Kier molecular flexibility index (Phi) is 3.56. The van der Waals surface area contributed by atoms with E-state index < -0.39 is 0 Å². The number of carbonyl (C=O) groups is 1. The summed E-state index contributed by atoms with van der Waals surface area (Å²) in [6, 6.07) is 3.66. The van der Waals surface area contributed by atoms with Gasteiger partial charge in [-0.25, -0.2) is 0 Å². The summed E-state index contributed by atoms with van der Waals surface area (Å²) in [5, 5.41) is 0. The summed E-state index contributed by atoms with van der Waals surface area (Å²) in [4.78, 5) is 11.6. The summed E-state index contributed by atoms with van der Waals surface area (Å²) in [6.45, 7) is 0.622. The monoisotopic (exact) mass is 208 g/mol. The lowest BCUT2D eigenvalue weighted by molar-refractivity contribution is -0.127. The topological polar surface area (TPSA) is 39.4 Å². The molecule has 0 amide bonds. The average Bonchev–Trinajstić information content (AvgIpc) is 2.90. The van der Waals surface area contributed by atoms with Crippen molar-refractivity contribution in [3.05, 3.63) is 24.2 Å². The molecule has 0 aromatic carbocycles. The normalized spacial score (nSPS) is 17.1. The zero-order chi connectivity index (χ0) is 10.5. The molecule has 3 nitrogen and oxygen atoms in total. The molecule has 1 heterocycles. The van der Waals surface area contributed by atoms with Gasteiger partial charge >= 0.3 is 0 Å². The molecule has 0 radical (unpaired) electrons. The van der Waals surface area contributed by atoms with Crippen LogP contribution in [0.5, 0.6) is 0 Å². The van der Waals surface area contributed by atoms with Gasteiger partial charge in [-0.1, -0.05) is 12.8 Å². The van der Waals surface area contributed by atoms with Crippen molar-refractivity contribution in [2.24, 2.45) is 5.92 Å². The van der Waals surface area contributed by atoms with Gasteiger partial charge in [-0.05, 0) is 25.0 Å². The predicted octanol–water partition coefficient (Wildman–Crippen LogP) is 2.56. The molecule has 1 saturated carbocycles. The molecule has 15 heavy (non-hydrogen) atoms. The fraction of sp³-hybridized carbons (Fsp3) is 0.583. The molecule has 0 unspecified atom stereocenters. The van der Waals surface area contributed by atoms with E-state index in [4.69, 9.17) is 9.15 Å². The Morgan fingerprint density at radius 2 is 2.27 bits per heavy atom. The number of ketones is 1. The minimum absolute atomic E-state index is 0.228. The van der Waals surface area contributed by atoms with E-state index in [9.17, 15) is 4.79 Å². The van der Waals surface area contributed by atoms with Crippen LogP contribution in [-0.2, 0) is 16.1 Å². The summed E-state index contributed by atoms with van der Waals surface area (Å²) >= 11 is 0. The number of rotatable bonds is 5. The Balaban J connectivity index is 1.67. The van der Waals surface area contributed by atoms with Crippen molar-refractivity contribution >= 4 is 5.78 Å². The van der Waals surface area contributed by atoms with Gasteiger partial charge in [-0.3, -0.25) is 4.79 Å². The van der Waals surface area contributed by atoms with Crippen LogP contribution in [0.15, 0.2) is 22.8 Å². The van der Waals surface area contributed by atoms with Gasteiger partial charge in [0, 0.05) is 5.92 Å². The maximum atomic E-state index is 11.6. The molecule has 3 heteroatoms. The smallest absolute Gasteiger partial charge is 0.161 e. The van der Waals surface area contributed by atoms with Crippen LogP contribution in [0.1, 0.15) is 31.4 Å². The van der Waals surface area contributed by atoms with Crippen LogP contribution < -0.4 is 0 Å². The second-order valence-electron chi connectivity index (χ2n) is 4.02. The third-order valence-corrected chi connectivity index (χ3v) is 2.88. The summed E-state index contributed by atoms with van der Waals surface area (Å²) in [5.41, 5.74) is 0. The largest absolute Gasteiger partial charge is 0.467 e. The maximum absolute atomic E-state index is 11.6. The van der Waals surface area contributed by atoms with Crippen molar-refractivity contribution in [3.8, 4) is 0 Å². The van der Waals surface area contributed by atoms with Gasteiger partial charge < -0.3 is 9.15 Å². The Hall–Kier alpha value is -1.09. The predicted molar refractivity (Wildman–Crippen MR) is 55.3 cm³/mol. The molecule has 0 aliphatic heterocycles. The lowest BCUT2D eigenvalue weighted by atomic mass is 10.0. The first-order valence-corrected chi connectivity index (χ1v) is 5.49. The third kappa shape index (κ3) is 2.93. The highest BCUT2D eigenvalue weighted by atomic mass is 16.5. The van der Waals surface area contributed by atoms with Crippen LogP contribution in [0.4, 0.5) is 0 Å². The maximum Gasteiger partial charge on any atom is 0.161 e. The molecule has 1 fully saturated rings. The van der Waals surface area contributed by atoms with Gasteiger partial charge in [-0.15, -0.1) is 0 Å². The Morgan fingerprint density at radius 1 is 1.47 bits per heavy atom. The van der Waals surface area contributed by atoms with Gasteiger partial charge in [-0.2, -0.15) is 0 Å². The first-order valence-electron chi connectivity index (χ1n) is 5.49. The summed E-state index contributed by atoms with van der Waals surface area (Å²) in [5.74, 6) is 1.27. The zero-order valence-electron chi connectivity index (χ0n) is 8.78. The molecule has 0 bridgehead atoms. The first-order chi connectivity index (χ1) is 7.36. The number of carbonyl (C=O) groups excluding carboxylic acids is 1. The van der Waals surface area contributed by atoms with E-state index in [1.54, 1.807) is 6.26 Å². The zero-order valence-corrected chi connectivity index (χ0v) is 8.78. The highest BCUT2D eigenvalue weighted by Crippen LogP contribution is 2.25. The Bertz CT molecular complexity index is 297. The lowest BCUT2D eigenvalue weighted by Crippen LogP contribution is -2.17. The van der Waals surface area contributed by atoms with Crippen LogP contribution in [0.2, 0.25) is 0 Å². The van der Waals surface area contributed by atoms with Crippen molar-refractivity contribution < 1.29 is 13.9 Å². The summed E-state index contributed by atoms with van der Waals surface area (Å²) in [6.07, 6.45) is 6.08. The number of furan rings is 1. The fourth-order valence-corrected chi connectivity index (χ4v) is 2.01. The quantitative estimate of drug-likeness (QED) is 0.746. The Labute approximate surface area is 89.4 Å². The van der Waals surface area contributed by atoms with E-state index in [0.29, 0.717) is 6.61 Å². The number of ether oxygens (including phenoxy) is 1. The molecule has 0 atom stereocenters. The molecule has 2 rings (SSSR count). The van der Waals surface area contributed by atoms with E-state index >= 15 is 0 Å². The van der Waals surface area contributed by atoms with Crippen molar-refractivity contribution in [3.63, 3.8) is 0 Å². The molecule has 1 aromatic heterocycles. The summed E-state index contributed by atoms with van der Waals surface area (Å²) in [7, 11) is 0. The molecule has 0 N–H and O–H groups in total. The molecule has 1 aliphatic rings. The van der Waals surface area contributed by atoms with Crippen LogP contribution >= 0.6 is 0 Å². The summed E-state index contributed by atoms with van der Waals surface area (Å²) < 4.78 is 10.4. The van der Waals surface area contributed by atoms with Crippen molar-refractivity contribution in [2.75, 3.05) is 6.61 Å². The van der Waals surface area contributed by atoms with Gasteiger partial charge in [0.15, 0.2) is 5.78 Å². The molecular weight excluding hydrogens is 192 g/mol. The van der Waals surface area contributed by atoms with Gasteiger partial charge in [0.1, 0.15) is 19.0 Å². The van der Waals surface area contributed by atoms with E-state index in [-0.39, 0.29) is 18.3 Å². The number of Topliss-reactive ketones (excluding diaryl/α,β-unsaturated/α-hetero) is 1. The highest BCUT2D eigenvalue weighted by Gasteiger charge is 2.22. The van der Waals surface area contributed by atoms with Crippen molar-refractivity contribution in [1.82, 2.24) is 0 Å².